The number of benzene rings is 6. The standard InChI is InChI=1S/C54H46Cl4F2N10O8/c55-39-15-7-19-45(51(39)57)69(53(77)63-47-25-43(37-13-1-3-17-41(37)59)65-67(47)34-11-5-9-31(21-34)23-49(75)61-27-36(74)30-73)70(46-20-8-16-40(56)52(46)58)54(78)64-48-26-44(38-14-2-4-18-42(38)60)66-68(48)35-12-6-10-32(22-35)24-50(76)62-33(28-71)29-72/h1-22,25-26,33,36,71-74H,23-24,27-30H2,(H,61,75)(H,62,76)(H,63,77)(H,64,78). The highest BCUT2D eigenvalue weighted by molar-refractivity contribution is 6.45. The van der Waals surface area contributed by atoms with Crippen LogP contribution in [-0.2, 0) is 22.4 Å². The minimum Gasteiger partial charge on any atom is -0.394 e. The third-order valence-electron chi connectivity index (χ3n) is 11.7. The zero-order valence-electron chi connectivity index (χ0n) is 40.6. The molecule has 0 fully saturated rings. The maximum atomic E-state index is 15.5. The van der Waals surface area contributed by atoms with Crippen LogP contribution >= 0.6 is 46.4 Å². The second-order valence-electron chi connectivity index (χ2n) is 17.2. The zero-order valence-corrected chi connectivity index (χ0v) is 43.7. The molecule has 402 valence electrons. The molecule has 8 rings (SSSR count). The molecule has 24 heteroatoms. The molecule has 1 unspecified atom stereocenters. The van der Waals surface area contributed by atoms with Crippen molar-refractivity contribution in [3.63, 3.8) is 0 Å². The Kier molecular flexibility index (Phi) is 18.4. The zero-order chi connectivity index (χ0) is 55.6. The number of rotatable bonds is 18. The molecule has 0 aliphatic heterocycles. The molecule has 0 spiro atoms. The fourth-order valence-corrected chi connectivity index (χ4v) is 8.69. The van der Waals surface area contributed by atoms with E-state index in [4.69, 9.17) is 46.4 Å². The molecule has 0 saturated carbocycles. The number of hydrazine groups is 1. The maximum absolute atomic E-state index is 15.5. The summed E-state index contributed by atoms with van der Waals surface area (Å²) >= 11 is 27.1. The summed E-state index contributed by atoms with van der Waals surface area (Å²) in [7, 11) is 0. The first-order chi connectivity index (χ1) is 37.6. The Labute approximate surface area is 463 Å². The van der Waals surface area contributed by atoms with Crippen LogP contribution in [0.1, 0.15) is 11.1 Å². The van der Waals surface area contributed by atoms with Crippen LogP contribution in [0.4, 0.5) is 41.4 Å². The first-order valence-electron chi connectivity index (χ1n) is 23.6. The summed E-state index contributed by atoms with van der Waals surface area (Å²) in [6.45, 7) is -1.77. The number of nitrogens with zero attached hydrogens (tertiary/aromatic N) is 6. The van der Waals surface area contributed by atoms with Crippen molar-refractivity contribution in [3.8, 4) is 33.9 Å². The minimum atomic E-state index is -1.18. The van der Waals surface area contributed by atoms with E-state index in [1.807, 2.05) is 0 Å². The van der Waals surface area contributed by atoms with Crippen LogP contribution in [0.15, 0.2) is 146 Å². The molecule has 1 atom stereocenters. The molecule has 0 bridgehead atoms. The van der Waals surface area contributed by atoms with Gasteiger partial charge in [0.2, 0.25) is 11.8 Å². The summed E-state index contributed by atoms with van der Waals surface area (Å²) in [5.41, 5.74) is 1.24. The number of carbonyl (C=O) groups is 4. The largest absolute Gasteiger partial charge is 0.394 e. The molecule has 2 heterocycles. The third kappa shape index (κ3) is 13.1. The lowest BCUT2D eigenvalue weighted by atomic mass is 10.1. The molecule has 0 saturated heterocycles. The van der Waals surface area contributed by atoms with Crippen LogP contribution in [0.3, 0.4) is 0 Å². The summed E-state index contributed by atoms with van der Waals surface area (Å²) in [4.78, 5) is 56.9. The van der Waals surface area contributed by atoms with E-state index in [0.29, 0.717) is 11.1 Å². The van der Waals surface area contributed by atoms with Crippen molar-refractivity contribution in [1.82, 2.24) is 30.2 Å². The van der Waals surface area contributed by atoms with Crippen LogP contribution in [0, 0.1) is 11.6 Å². The van der Waals surface area contributed by atoms with Crippen molar-refractivity contribution < 1.29 is 48.4 Å². The number of aliphatic hydroxyl groups is 4. The second-order valence-corrected chi connectivity index (χ2v) is 18.8. The molecule has 0 radical (unpaired) electrons. The summed E-state index contributed by atoms with van der Waals surface area (Å²) in [5, 5.41) is 59.2. The number of urea groups is 2. The molecule has 0 aliphatic carbocycles. The van der Waals surface area contributed by atoms with Gasteiger partial charge >= 0.3 is 12.1 Å². The second kappa shape index (κ2) is 25.5. The lowest BCUT2D eigenvalue weighted by Gasteiger charge is -2.35. The van der Waals surface area contributed by atoms with Crippen molar-refractivity contribution in [2.45, 2.75) is 25.0 Å². The van der Waals surface area contributed by atoms with Gasteiger partial charge in [-0.2, -0.15) is 20.2 Å². The lowest BCUT2D eigenvalue weighted by Crippen LogP contribution is -2.54. The van der Waals surface area contributed by atoms with Gasteiger partial charge in [0, 0.05) is 29.8 Å². The average Bonchev–Trinajstić information content (AvgIpc) is 4.09. The average molecular weight is 1140 g/mol. The van der Waals surface area contributed by atoms with Crippen LogP contribution in [-0.4, -0.2) is 102 Å². The van der Waals surface area contributed by atoms with E-state index in [9.17, 15) is 30.0 Å². The van der Waals surface area contributed by atoms with Crippen LogP contribution in [0.5, 0.6) is 0 Å². The summed E-state index contributed by atoms with van der Waals surface area (Å²) in [5.74, 6) is -2.51. The van der Waals surface area contributed by atoms with Gasteiger partial charge in [0.05, 0.1) is 99.0 Å². The number of hydrogen-bond acceptors (Lipinski definition) is 10. The summed E-state index contributed by atoms with van der Waals surface area (Å²) < 4.78 is 33.6. The molecular weight excluding hydrogens is 1100 g/mol. The molecule has 18 nitrogen and oxygen atoms in total. The Morgan fingerprint density at radius 2 is 0.987 bits per heavy atom. The summed E-state index contributed by atoms with van der Waals surface area (Å²) in [6, 6.07) is 32.6. The first-order valence-corrected chi connectivity index (χ1v) is 25.1. The maximum Gasteiger partial charge on any atom is 0.347 e. The van der Waals surface area contributed by atoms with Gasteiger partial charge < -0.3 is 31.1 Å². The van der Waals surface area contributed by atoms with Crippen molar-refractivity contribution in [3.05, 3.63) is 188 Å². The van der Waals surface area contributed by atoms with Gasteiger partial charge in [0.15, 0.2) is 0 Å². The van der Waals surface area contributed by atoms with Gasteiger partial charge in [-0.15, -0.1) is 0 Å². The Bertz CT molecular complexity index is 3510. The van der Waals surface area contributed by atoms with E-state index >= 15 is 18.4 Å². The lowest BCUT2D eigenvalue weighted by molar-refractivity contribution is -0.122. The van der Waals surface area contributed by atoms with E-state index in [2.05, 4.69) is 31.5 Å². The normalized spacial score (nSPS) is 11.5. The Hall–Kier alpha value is -7.92. The molecule has 8 aromatic rings. The Morgan fingerprint density at radius 1 is 0.551 bits per heavy atom. The van der Waals surface area contributed by atoms with Crippen molar-refractivity contribution in [2.75, 3.05) is 47.0 Å². The van der Waals surface area contributed by atoms with Crippen LogP contribution in [0.2, 0.25) is 20.1 Å². The number of anilines is 4. The highest BCUT2D eigenvalue weighted by Crippen LogP contribution is 2.40. The minimum absolute atomic E-state index is 0.0424. The van der Waals surface area contributed by atoms with Crippen molar-refractivity contribution in [2.24, 2.45) is 0 Å². The van der Waals surface area contributed by atoms with Crippen LogP contribution in [0.25, 0.3) is 33.9 Å². The summed E-state index contributed by atoms with van der Waals surface area (Å²) in [6.07, 6.45) is -1.56. The fourth-order valence-electron chi connectivity index (χ4n) is 7.94. The predicted molar refractivity (Wildman–Crippen MR) is 293 cm³/mol. The van der Waals surface area contributed by atoms with Gasteiger partial charge in [0.1, 0.15) is 23.3 Å². The number of aliphatic hydroxyl groups excluding tert-OH is 4. The van der Waals surface area contributed by atoms with Crippen molar-refractivity contribution >= 4 is 93.3 Å². The number of aromatic nitrogens is 4. The van der Waals surface area contributed by atoms with Gasteiger partial charge in [0.25, 0.3) is 0 Å². The van der Waals surface area contributed by atoms with Crippen molar-refractivity contribution in [1.29, 1.82) is 0 Å². The number of nitrogens with one attached hydrogen (secondary N) is 4. The van der Waals surface area contributed by atoms with Gasteiger partial charge in [-0.1, -0.05) is 107 Å². The molecule has 0 aliphatic rings. The first kappa shape index (κ1) is 56.3. The van der Waals surface area contributed by atoms with Crippen LogP contribution < -0.4 is 31.3 Å². The quantitative estimate of drug-likeness (QED) is 0.0379. The SMILES string of the molecule is O=C(Cc1cccc(-n2nc(-c3ccccc3F)cc2NC(=O)N(c2cccc(Cl)c2Cl)N(C(=O)Nc2cc(-c3ccccc3F)nn2-c2cccc(CC(=O)NC(CO)CO)c2)c2cccc(Cl)c2Cl)c1)NCC(O)CO. The van der Waals surface area contributed by atoms with E-state index in [1.165, 1.54) is 94.3 Å². The highest BCUT2D eigenvalue weighted by Gasteiger charge is 2.35. The predicted octanol–water partition coefficient (Wildman–Crippen LogP) is 9.00. The topological polar surface area (TPSA) is 239 Å². The number of amides is 6. The van der Waals surface area contributed by atoms with E-state index < -0.39 is 67.5 Å². The number of halogens is 6. The fraction of sp³-hybridized carbons (Fsp3) is 0.148. The molecular formula is C54H46Cl4F2N10O8. The molecule has 6 aromatic carbocycles. The van der Waals surface area contributed by atoms with Gasteiger partial charge in [-0.3, -0.25) is 20.2 Å². The Morgan fingerprint density at radius 3 is 1.42 bits per heavy atom. The van der Waals surface area contributed by atoms with Gasteiger partial charge in [-0.25, -0.2) is 27.7 Å². The van der Waals surface area contributed by atoms with E-state index in [1.54, 1.807) is 60.7 Å². The number of hydrogen-bond donors (Lipinski definition) is 8. The monoisotopic (exact) mass is 1140 g/mol. The third-order valence-corrected chi connectivity index (χ3v) is 13.3. The molecule has 6 amide bonds. The smallest absolute Gasteiger partial charge is 0.347 e. The number of carbonyl (C=O) groups excluding carboxylic acids is 4. The highest BCUT2D eigenvalue weighted by atomic mass is 35.5. The van der Waals surface area contributed by atoms with Gasteiger partial charge in [-0.05, 0) is 83.9 Å². The van der Waals surface area contributed by atoms with E-state index in [-0.39, 0.29) is 96.4 Å². The molecule has 2 aromatic heterocycles. The Balaban J connectivity index is 1.25. The van der Waals surface area contributed by atoms with E-state index in [0.717, 1.165) is 10.0 Å². The molecule has 8 N–H and O–H groups in total. The molecule has 78 heavy (non-hydrogen) atoms.